The van der Waals surface area contributed by atoms with Crippen molar-refractivity contribution < 1.29 is 9.47 Å². The zero-order valence-corrected chi connectivity index (χ0v) is 13.5. The molecule has 1 heterocycles. The summed E-state index contributed by atoms with van der Waals surface area (Å²) in [6.45, 7) is 4.13. The normalized spacial score (nSPS) is 10.6. The Labute approximate surface area is 129 Å². The minimum Gasteiger partial charge on any atom is -0.497 e. The van der Waals surface area contributed by atoms with E-state index in [1.807, 2.05) is 18.2 Å². The predicted octanol–water partition coefficient (Wildman–Crippen LogP) is 2.76. The molecule has 0 aliphatic heterocycles. The van der Waals surface area contributed by atoms with Crippen LogP contribution in [0.1, 0.15) is 18.4 Å². The minimum atomic E-state index is 0.755. The molecule has 6 heteroatoms. The summed E-state index contributed by atoms with van der Waals surface area (Å²) < 4.78 is 10.6. The number of nitrogens with zero attached hydrogens (tertiary/aromatic N) is 2. The molecule has 0 spiro atoms. The number of aromatic nitrogens is 2. The van der Waals surface area contributed by atoms with Crippen LogP contribution >= 0.6 is 11.3 Å². The van der Waals surface area contributed by atoms with Gasteiger partial charge in [0.2, 0.25) is 0 Å². The van der Waals surface area contributed by atoms with Crippen LogP contribution in [0.15, 0.2) is 18.2 Å². The van der Waals surface area contributed by atoms with Crippen LogP contribution in [0.4, 0.5) is 0 Å². The molecule has 2 rings (SSSR count). The topological polar surface area (TPSA) is 56.3 Å². The number of rotatable bonds is 8. The summed E-state index contributed by atoms with van der Waals surface area (Å²) in [5.41, 5.74) is 0.969. The molecule has 0 radical (unpaired) electrons. The quantitative estimate of drug-likeness (QED) is 0.760. The fourth-order valence-corrected chi connectivity index (χ4v) is 2.73. The molecule has 0 aliphatic rings. The lowest BCUT2D eigenvalue weighted by Crippen LogP contribution is -2.17. The largest absolute Gasteiger partial charge is 0.497 e. The summed E-state index contributed by atoms with van der Waals surface area (Å²) in [4.78, 5) is 0. The van der Waals surface area contributed by atoms with Crippen LogP contribution in [0.5, 0.6) is 11.5 Å². The molecule has 0 amide bonds. The van der Waals surface area contributed by atoms with Gasteiger partial charge >= 0.3 is 0 Å². The van der Waals surface area contributed by atoms with Crippen molar-refractivity contribution in [2.75, 3.05) is 27.3 Å². The van der Waals surface area contributed by atoms with Gasteiger partial charge in [0.25, 0.3) is 0 Å². The van der Waals surface area contributed by atoms with Crippen molar-refractivity contribution in [1.29, 1.82) is 0 Å². The molecular formula is C15H21N3O2S. The zero-order valence-electron chi connectivity index (χ0n) is 12.7. The van der Waals surface area contributed by atoms with E-state index in [1.54, 1.807) is 25.6 Å². The Bertz CT molecular complexity index is 550. The van der Waals surface area contributed by atoms with Crippen LogP contribution in [0, 0.1) is 0 Å². The van der Waals surface area contributed by atoms with Crippen molar-refractivity contribution in [3.05, 3.63) is 23.2 Å². The molecule has 0 fully saturated rings. The van der Waals surface area contributed by atoms with Crippen LogP contribution in [0.3, 0.4) is 0 Å². The lowest BCUT2D eigenvalue weighted by atomic mass is 10.2. The highest BCUT2D eigenvalue weighted by Crippen LogP contribution is 2.31. The maximum absolute atomic E-state index is 5.28. The van der Waals surface area contributed by atoms with E-state index >= 15 is 0 Å². The Morgan fingerprint density at radius 1 is 1.05 bits per heavy atom. The van der Waals surface area contributed by atoms with Gasteiger partial charge in [0, 0.05) is 24.6 Å². The van der Waals surface area contributed by atoms with Crippen molar-refractivity contribution in [2.24, 2.45) is 0 Å². The summed E-state index contributed by atoms with van der Waals surface area (Å²) in [5.74, 6) is 1.51. The van der Waals surface area contributed by atoms with Crippen molar-refractivity contribution in [3.63, 3.8) is 0 Å². The average Bonchev–Trinajstić information content (AvgIpc) is 3.00. The second-order valence-electron chi connectivity index (χ2n) is 4.60. The Kier molecular flexibility index (Phi) is 5.95. The highest BCUT2D eigenvalue weighted by atomic mass is 32.1. The van der Waals surface area contributed by atoms with Gasteiger partial charge < -0.3 is 14.8 Å². The van der Waals surface area contributed by atoms with Crippen LogP contribution in [-0.2, 0) is 6.42 Å². The van der Waals surface area contributed by atoms with Gasteiger partial charge in [-0.25, -0.2) is 0 Å². The van der Waals surface area contributed by atoms with Gasteiger partial charge in [-0.2, -0.15) is 0 Å². The van der Waals surface area contributed by atoms with Gasteiger partial charge in [0.15, 0.2) is 0 Å². The molecule has 0 unspecified atom stereocenters. The van der Waals surface area contributed by atoms with E-state index in [1.165, 1.54) is 0 Å². The number of methoxy groups -OCH3 is 2. The van der Waals surface area contributed by atoms with E-state index < -0.39 is 0 Å². The van der Waals surface area contributed by atoms with Crippen molar-refractivity contribution in [2.45, 2.75) is 19.8 Å². The minimum absolute atomic E-state index is 0.755. The molecule has 114 valence electrons. The Balaban J connectivity index is 2.09. The van der Waals surface area contributed by atoms with Gasteiger partial charge in [-0.1, -0.05) is 18.3 Å². The Morgan fingerprint density at radius 2 is 1.76 bits per heavy atom. The fraction of sp³-hybridized carbons (Fsp3) is 0.467. The molecule has 0 saturated heterocycles. The number of benzene rings is 1. The average molecular weight is 307 g/mol. The Morgan fingerprint density at radius 3 is 2.38 bits per heavy atom. The first-order valence-corrected chi connectivity index (χ1v) is 7.85. The van der Waals surface area contributed by atoms with Gasteiger partial charge in [-0.05, 0) is 25.1 Å². The van der Waals surface area contributed by atoms with Crippen LogP contribution < -0.4 is 14.8 Å². The molecule has 1 aromatic carbocycles. The van der Waals surface area contributed by atoms with E-state index in [0.717, 1.165) is 53.0 Å². The third kappa shape index (κ3) is 4.41. The second kappa shape index (κ2) is 7.95. The highest BCUT2D eigenvalue weighted by Gasteiger charge is 2.10. The van der Waals surface area contributed by atoms with Crippen molar-refractivity contribution in [1.82, 2.24) is 15.5 Å². The first-order valence-electron chi connectivity index (χ1n) is 7.03. The summed E-state index contributed by atoms with van der Waals surface area (Å²) in [7, 11) is 3.28. The molecular weight excluding hydrogens is 286 g/mol. The maximum atomic E-state index is 5.28. The van der Waals surface area contributed by atoms with Crippen molar-refractivity contribution >= 4 is 11.3 Å². The molecule has 21 heavy (non-hydrogen) atoms. The smallest absolute Gasteiger partial charge is 0.148 e. The molecule has 0 aliphatic carbocycles. The number of hydrogen-bond donors (Lipinski definition) is 1. The lowest BCUT2D eigenvalue weighted by Gasteiger charge is -2.06. The maximum Gasteiger partial charge on any atom is 0.148 e. The molecule has 1 aromatic heterocycles. The third-order valence-electron chi connectivity index (χ3n) is 3.01. The van der Waals surface area contributed by atoms with E-state index in [4.69, 9.17) is 9.47 Å². The number of ether oxygens (including phenoxy) is 2. The fourth-order valence-electron chi connectivity index (χ4n) is 1.90. The summed E-state index contributed by atoms with van der Waals surface area (Å²) >= 11 is 1.61. The number of hydrogen-bond acceptors (Lipinski definition) is 6. The SMILES string of the molecule is CCCNCCc1nnc(-c2cc(OC)cc(OC)c2)s1. The van der Waals surface area contributed by atoms with Gasteiger partial charge in [0.1, 0.15) is 21.5 Å². The van der Waals surface area contributed by atoms with E-state index in [2.05, 4.69) is 22.4 Å². The summed E-state index contributed by atoms with van der Waals surface area (Å²) in [6, 6.07) is 5.74. The van der Waals surface area contributed by atoms with Crippen LogP contribution in [0.2, 0.25) is 0 Å². The zero-order chi connectivity index (χ0) is 15.1. The number of nitrogens with one attached hydrogen (secondary N) is 1. The molecule has 0 saturated carbocycles. The van der Waals surface area contributed by atoms with Crippen molar-refractivity contribution in [3.8, 4) is 22.1 Å². The van der Waals surface area contributed by atoms with Gasteiger partial charge in [-0.3, -0.25) is 0 Å². The first kappa shape index (κ1) is 15.7. The van der Waals surface area contributed by atoms with Gasteiger partial charge in [0.05, 0.1) is 14.2 Å². The summed E-state index contributed by atoms with van der Waals surface area (Å²) in [6.07, 6.45) is 2.05. The monoisotopic (exact) mass is 307 g/mol. The molecule has 2 aromatic rings. The van der Waals surface area contributed by atoms with Crippen LogP contribution in [-0.4, -0.2) is 37.5 Å². The lowest BCUT2D eigenvalue weighted by molar-refractivity contribution is 0.394. The summed E-state index contributed by atoms with van der Waals surface area (Å²) in [5, 5.41) is 13.8. The Hall–Kier alpha value is -1.66. The predicted molar refractivity (Wildman–Crippen MR) is 85.3 cm³/mol. The van der Waals surface area contributed by atoms with E-state index in [-0.39, 0.29) is 0 Å². The standard InChI is InChI=1S/C15H21N3O2S/c1-4-6-16-7-5-14-17-18-15(21-14)11-8-12(19-2)10-13(9-11)20-3/h8-10,16H,4-7H2,1-3H3. The van der Waals surface area contributed by atoms with E-state index in [0.29, 0.717) is 0 Å². The molecule has 1 N–H and O–H groups in total. The third-order valence-corrected chi connectivity index (χ3v) is 4.04. The highest BCUT2D eigenvalue weighted by molar-refractivity contribution is 7.14. The van der Waals surface area contributed by atoms with Crippen LogP contribution in [0.25, 0.3) is 10.6 Å². The first-order chi connectivity index (χ1) is 10.3. The van der Waals surface area contributed by atoms with Gasteiger partial charge in [-0.15, -0.1) is 10.2 Å². The molecule has 5 nitrogen and oxygen atoms in total. The second-order valence-corrected chi connectivity index (χ2v) is 5.66. The molecule has 0 bridgehead atoms. The van der Waals surface area contributed by atoms with E-state index in [9.17, 15) is 0 Å². The molecule has 0 atom stereocenters.